The van der Waals surface area contributed by atoms with Crippen molar-refractivity contribution in [2.24, 2.45) is 0 Å². The second-order valence-corrected chi connectivity index (χ2v) is 7.61. The van der Waals surface area contributed by atoms with Gasteiger partial charge in [0.05, 0.1) is 13.5 Å². The Hall–Kier alpha value is -3.34. The van der Waals surface area contributed by atoms with E-state index in [4.69, 9.17) is 4.74 Å². The van der Waals surface area contributed by atoms with Crippen LogP contribution in [-0.4, -0.2) is 36.9 Å². The van der Waals surface area contributed by atoms with E-state index >= 15 is 0 Å². The van der Waals surface area contributed by atoms with E-state index in [1.807, 2.05) is 67.6 Å². The van der Waals surface area contributed by atoms with Gasteiger partial charge in [-0.25, -0.2) is 0 Å². The van der Waals surface area contributed by atoms with Crippen molar-refractivity contribution >= 4 is 22.6 Å². The van der Waals surface area contributed by atoms with E-state index in [1.165, 1.54) is 0 Å². The smallest absolute Gasteiger partial charge is 0.244 e. The first-order chi connectivity index (χ1) is 14.4. The minimum absolute atomic E-state index is 0.148. The highest BCUT2D eigenvalue weighted by molar-refractivity contribution is 5.92. The summed E-state index contributed by atoms with van der Waals surface area (Å²) in [5.74, 6) is 0.423. The number of hydrogen-bond acceptors (Lipinski definition) is 3. The van der Waals surface area contributed by atoms with E-state index < -0.39 is 6.04 Å². The first-order valence-corrected chi connectivity index (χ1v) is 10.0. The van der Waals surface area contributed by atoms with Crippen molar-refractivity contribution in [2.45, 2.75) is 32.9 Å². The van der Waals surface area contributed by atoms with Gasteiger partial charge in [-0.15, -0.1) is 0 Å². The molecule has 3 aromatic rings. The second-order valence-electron chi connectivity index (χ2n) is 7.61. The lowest BCUT2D eigenvalue weighted by Crippen LogP contribution is -2.45. The maximum Gasteiger partial charge on any atom is 0.244 e. The summed E-state index contributed by atoms with van der Waals surface area (Å²) in [6.07, 6.45) is 0.231. The summed E-state index contributed by atoms with van der Waals surface area (Å²) in [5.41, 5.74) is 2.98. The molecule has 30 heavy (non-hydrogen) atoms. The molecule has 0 bridgehead atoms. The average molecular weight is 405 g/mol. The van der Waals surface area contributed by atoms with E-state index in [0.29, 0.717) is 6.54 Å². The van der Waals surface area contributed by atoms with Crippen molar-refractivity contribution in [2.75, 3.05) is 14.2 Å². The molecule has 3 aromatic carbocycles. The van der Waals surface area contributed by atoms with Crippen molar-refractivity contribution in [3.8, 4) is 5.75 Å². The molecule has 0 aliphatic heterocycles. The highest BCUT2D eigenvalue weighted by atomic mass is 16.5. The molecule has 3 rings (SSSR count). The van der Waals surface area contributed by atoms with Crippen LogP contribution in [0.25, 0.3) is 10.8 Å². The lowest BCUT2D eigenvalue weighted by molar-refractivity contribution is -0.135. The molecule has 0 radical (unpaired) electrons. The van der Waals surface area contributed by atoms with Crippen LogP contribution >= 0.6 is 0 Å². The van der Waals surface area contributed by atoms with Crippen LogP contribution in [0.2, 0.25) is 0 Å². The molecule has 0 aliphatic carbocycles. The molecule has 2 amide bonds. The second kappa shape index (κ2) is 9.44. The number of ether oxygens (including phenoxy) is 1. The summed E-state index contributed by atoms with van der Waals surface area (Å²) < 4.78 is 5.40. The number of aryl methyl sites for hydroxylation is 1. The summed E-state index contributed by atoms with van der Waals surface area (Å²) in [6.45, 7) is 4.13. The van der Waals surface area contributed by atoms with Crippen molar-refractivity contribution < 1.29 is 14.3 Å². The lowest BCUT2D eigenvalue weighted by Gasteiger charge is -2.23. The third-order valence-corrected chi connectivity index (χ3v) is 5.20. The monoisotopic (exact) mass is 404 g/mol. The van der Waals surface area contributed by atoms with Gasteiger partial charge in [0.2, 0.25) is 11.8 Å². The quantitative estimate of drug-likeness (QED) is 0.650. The molecule has 0 saturated heterocycles. The molecule has 0 saturated carbocycles. The zero-order chi connectivity index (χ0) is 21.7. The Morgan fingerprint density at radius 2 is 1.77 bits per heavy atom. The van der Waals surface area contributed by atoms with E-state index in [0.717, 1.165) is 33.2 Å². The van der Waals surface area contributed by atoms with Gasteiger partial charge >= 0.3 is 0 Å². The number of hydrogen-bond donors (Lipinski definition) is 1. The van der Waals surface area contributed by atoms with Gasteiger partial charge in [-0.2, -0.15) is 0 Å². The molecule has 1 atom stereocenters. The van der Waals surface area contributed by atoms with Crippen LogP contribution < -0.4 is 10.1 Å². The molecule has 5 nitrogen and oxygen atoms in total. The van der Waals surface area contributed by atoms with E-state index in [-0.39, 0.29) is 18.2 Å². The Morgan fingerprint density at radius 3 is 2.53 bits per heavy atom. The molecule has 0 fully saturated rings. The molecule has 1 N–H and O–H groups in total. The summed E-state index contributed by atoms with van der Waals surface area (Å²) in [4.78, 5) is 27.0. The van der Waals surface area contributed by atoms with Crippen LogP contribution in [0.15, 0.2) is 60.7 Å². The SMILES string of the molecule is COc1ccc(C)cc1CN(C)C(=O)C(C)NC(=O)Cc1cccc2ccccc12. The van der Waals surface area contributed by atoms with Crippen LogP contribution in [0.3, 0.4) is 0 Å². The molecule has 156 valence electrons. The zero-order valence-electron chi connectivity index (χ0n) is 17.9. The predicted octanol–water partition coefficient (Wildman–Crippen LogP) is 3.86. The molecule has 0 aromatic heterocycles. The molecule has 5 heteroatoms. The van der Waals surface area contributed by atoms with Crippen LogP contribution in [-0.2, 0) is 22.6 Å². The summed E-state index contributed by atoms with van der Waals surface area (Å²) >= 11 is 0. The fourth-order valence-electron chi connectivity index (χ4n) is 3.67. The maximum atomic E-state index is 12.8. The van der Waals surface area contributed by atoms with Gasteiger partial charge in [-0.1, -0.05) is 60.2 Å². The van der Waals surface area contributed by atoms with Gasteiger partial charge in [0, 0.05) is 19.2 Å². The number of nitrogens with one attached hydrogen (secondary N) is 1. The number of amides is 2. The van der Waals surface area contributed by atoms with Gasteiger partial charge in [0.1, 0.15) is 11.8 Å². The molecular formula is C25H28N2O3. The number of fused-ring (bicyclic) bond motifs is 1. The summed E-state index contributed by atoms with van der Waals surface area (Å²) in [5, 5.41) is 4.99. The Labute approximate surface area is 177 Å². The predicted molar refractivity (Wildman–Crippen MR) is 119 cm³/mol. The topological polar surface area (TPSA) is 58.6 Å². The van der Waals surface area contributed by atoms with E-state index in [2.05, 4.69) is 5.32 Å². The average Bonchev–Trinajstić information content (AvgIpc) is 2.73. The minimum atomic E-state index is -0.617. The van der Waals surface area contributed by atoms with Crippen LogP contribution in [0, 0.1) is 6.92 Å². The van der Waals surface area contributed by atoms with Gasteiger partial charge in [0.15, 0.2) is 0 Å². The minimum Gasteiger partial charge on any atom is -0.496 e. The van der Waals surface area contributed by atoms with Gasteiger partial charge in [-0.3, -0.25) is 9.59 Å². The maximum absolute atomic E-state index is 12.8. The van der Waals surface area contributed by atoms with Crippen molar-refractivity contribution in [1.29, 1.82) is 0 Å². The van der Waals surface area contributed by atoms with Crippen molar-refractivity contribution in [3.05, 3.63) is 77.4 Å². The Kier molecular flexibility index (Phi) is 6.72. The Balaban J connectivity index is 1.63. The standard InChI is InChI=1S/C25H28N2O3/c1-17-12-13-23(30-4)21(14-17)16-27(3)25(29)18(2)26-24(28)15-20-10-7-9-19-8-5-6-11-22(19)20/h5-14,18H,15-16H2,1-4H3,(H,26,28). The van der Waals surface area contributed by atoms with Crippen LogP contribution in [0.5, 0.6) is 5.75 Å². The number of carbonyl (C=O) groups is 2. The zero-order valence-corrected chi connectivity index (χ0v) is 17.9. The fourth-order valence-corrected chi connectivity index (χ4v) is 3.67. The molecule has 0 heterocycles. The summed E-state index contributed by atoms with van der Waals surface area (Å²) in [6, 6.07) is 19.2. The lowest BCUT2D eigenvalue weighted by atomic mass is 10.0. The first kappa shape index (κ1) is 21.4. The van der Waals surface area contributed by atoms with Gasteiger partial charge in [0.25, 0.3) is 0 Å². The third-order valence-electron chi connectivity index (χ3n) is 5.20. The van der Waals surface area contributed by atoms with E-state index in [1.54, 1.807) is 26.0 Å². The Morgan fingerprint density at radius 1 is 1.03 bits per heavy atom. The van der Waals surface area contributed by atoms with Gasteiger partial charge < -0.3 is 15.0 Å². The van der Waals surface area contributed by atoms with Crippen LogP contribution in [0.4, 0.5) is 0 Å². The molecular weight excluding hydrogens is 376 g/mol. The fraction of sp³-hybridized carbons (Fsp3) is 0.280. The number of likely N-dealkylation sites (N-methyl/N-ethyl adjacent to an activating group) is 1. The number of carbonyl (C=O) groups excluding carboxylic acids is 2. The number of rotatable bonds is 7. The largest absolute Gasteiger partial charge is 0.496 e. The van der Waals surface area contributed by atoms with Gasteiger partial charge in [-0.05, 0) is 36.2 Å². The van der Waals surface area contributed by atoms with Crippen LogP contribution in [0.1, 0.15) is 23.6 Å². The molecule has 0 spiro atoms. The molecule has 0 aliphatic rings. The normalized spacial score (nSPS) is 11.7. The highest BCUT2D eigenvalue weighted by Crippen LogP contribution is 2.21. The first-order valence-electron chi connectivity index (χ1n) is 10.0. The number of benzene rings is 3. The van der Waals surface area contributed by atoms with Crippen molar-refractivity contribution in [1.82, 2.24) is 10.2 Å². The van der Waals surface area contributed by atoms with E-state index in [9.17, 15) is 9.59 Å². The third kappa shape index (κ3) is 4.98. The highest BCUT2D eigenvalue weighted by Gasteiger charge is 2.21. The Bertz CT molecular complexity index is 1060. The van der Waals surface area contributed by atoms with Crippen molar-refractivity contribution in [3.63, 3.8) is 0 Å². The molecule has 1 unspecified atom stereocenters. The number of nitrogens with zero attached hydrogens (tertiary/aromatic N) is 1. The summed E-state index contributed by atoms with van der Waals surface area (Å²) in [7, 11) is 3.35. The number of methoxy groups -OCH3 is 1.